The Morgan fingerprint density at radius 1 is 0.921 bits per heavy atom. The molecule has 5 rings (SSSR count). The summed E-state index contributed by atoms with van der Waals surface area (Å²) in [5.74, 6) is 1.68. The minimum Gasteiger partial charge on any atom is -0.493 e. The Hall–Kier alpha value is -4.93. The van der Waals surface area contributed by atoms with Crippen LogP contribution in [0.4, 0.5) is 5.82 Å². The molecule has 11 heteroatoms. The number of aryl methyl sites for hydroxylation is 2. The van der Waals surface area contributed by atoms with E-state index < -0.39 is 0 Å². The number of nitrogens with zero attached hydrogens (tertiary/aromatic N) is 6. The van der Waals surface area contributed by atoms with E-state index in [9.17, 15) is 4.79 Å². The first-order chi connectivity index (χ1) is 18.4. The number of methoxy groups -OCH3 is 3. The predicted molar refractivity (Wildman–Crippen MR) is 142 cm³/mol. The summed E-state index contributed by atoms with van der Waals surface area (Å²) in [6.07, 6.45) is 3.16. The second kappa shape index (κ2) is 9.85. The van der Waals surface area contributed by atoms with Gasteiger partial charge in [0.2, 0.25) is 5.75 Å². The first-order valence-corrected chi connectivity index (χ1v) is 11.8. The molecule has 3 heterocycles. The minimum atomic E-state index is -0.387. The van der Waals surface area contributed by atoms with Gasteiger partial charge < -0.3 is 19.5 Å². The van der Waals surface area contributed by atoms with E-state index in [2.05, 4.69) is 38.5 Å². The highest BCUT2D eigenvalue weighted by Crippen LogP contribution is 2.38. The van der Waals surface area contributed by atoms with Crippen LogP contribution in [0.5, 0.6) is 17.2 Å². The molecule has 0 saturated heterocycles. The molecule has 3 aromatic heterocycles. The molecule has 0 aliphatic rings. The van der Waals surface area contributed by atoms with Gasteiger partial charge in [-0.2, -0.15) is 14.9 Å². The number of aromatic nitrogens is 6. The summed E-state index contributed by atoms with van der Waals surface area (Å²) in [6.45, 7) is 5.94. The Kier molecular flexibility index (Phi) is 6.41. The molecule has 11 nitrogen and oxygen atoms in total. The molecule has 194 valence electrons. The van der Waals surface area contributed by atoms with E-state index in [-0.39, 0.29) is 5.91 Å². The summed E-state index contributed by atoms with van der Waals surface area (Å²) in [7, 11) is 4.50. The maximum atomic E-state index is 13.3. The van der Waals surface area contributed by atoms with E-state index in [1.807, 2.05) is 26.0 Å². The van der Waals surface area contributed by atoms with Crippen molar-refractivity contribution in [3.63, 3.8) is 0 Å². The van der Waals surface area contributed by atoms with Crippen LogP contribution in [0.15, 0.2) is 48.9 Å². The number of hydrogen-bond donors (Lipinski definition) is 1. The van der Waals surface area contributed by atoms with Crippen molar-refractivity contribution < 1.29 is 19.0 Å². The van der Waals surface area contributed by atoms with Crippen molar-refractivity contribution >= 4 is 22.8 Å². The molecule has 0 atom stereocenters. The Balaban J connectivity index is 1.56. The van der Waals surface area contributed by atoms with E-state index >= 15 is 0 Å². The maximum Gasteiger partial charge on any atom is 0.257 e. The van der Waals surface area contributed by atoms with Crippen LogP contribution in [0.1, 0.15) is 27.2 Å². The number of nitrogens with one attached hydrogen (secondary N) is 1. The van der Waals surface area contributed by atoms with Gasteiger partial charge in [-0.05, 0) is 50.1 Å². The smallest absolute Gasteiger partial charge is 0.257 e. The third-order valence-corrected chi connectivity index (χ3v) is 6.35. The standard InChI is InChI=1S/C27H27N7O4/c1-15-8-7-9-20(17(15)3)33-25-19(13-30-33)26(29-14-28-25)34-23(10-16(2)32-34)31-27(35)18-11-21(36-4)24(38-6)22(12-18)37-5/h7-14H,1-6H3,(H,31,35). The summed E-state index contributed by atoms with van der Waals surface area (Å²) in [5.41, 5.74) is 4.82. The topological polar surface area (TPSA) is 118 Å². The number of rotatable bonds is 7. The van der Waals surface area contributed by atoms with Gasteiger partial charge in [0.05, 0.1) is 44.3 Å². The highest BCUT2D eigenvalue weighted by Gasteiger charge is 2.21. The fourth-order valence-corrected chi connectivity index (χ4v) is 4.29. The number of carbonyl (C=O) groups is 1. The van der Waals surface area contributed by atoms with E-state index in [4.69, 9.17) is 14.2 Å². The first-order valence-electron chi connectivity index (χ1n) is 11.8. The highest BCUT2D eigenvalue weighted by molar-refractivity contribution is 6.05. The van der Waals surface area contributed by atoms with Crippen molar-refractivity contribution in [1.29, 1.82) is 0 Å². The molecule has 1 N–H and O–H groups in total. The molecular formula is C27H27N7O4. The molecule has 1 amide bonds. The van der Waals surface area contributed by atoms with Gasteiger partial charge in [0, 0.05) is 11.6 Å². The van der Waals surface area contributed by atoms with E-state index in [1.165, 1.54) is 27.7 Å². The number of carbonyl (C=O) groups excluding carboxylic acids is 1. The lowest BCUT2D eigenvalue weighted by Gasteiger charge is -2.14. The summed E-state index contributed by atoms with van der Waals surface area (Å²) in [5, 5.41) is 12.8. The third kappa shape index (κ3) is 4.17. The molecule has 2 aromatic carbocycles. The van der Waals surface area contributed by atoms with Crippen molar-refractivity contribution in [2.45, 2.75) is 20.8 Å². The first kappa shape index (κ1) is 24.8. The number of hydrogen-bond acceptors (Lipinski definition) is 8. The average molecular weight is 514 g/mol. The third-order valence-electron chi connectivity index (χ3n) is 6.35. The molecule has 0 saturated carbocycles. The molecule has 0 radical (unpaired) electrons. The molecule has 0 bridgehead atoms. The van der Waals surface area contributed by atoms with Gasteiger partial charge in [0.1, 0.15) is 12.1 Å². The Morgan fingerprint density at radius 2 is 1.66 bits per heavy atom. The van der Waals surface area contributed by atoms with Crippen molar-refractivity contribution in [2.75, 3.05) is 26.6 Å². The van der Waals surface area contributed by atoms with Crippen LogP contribution >= 0.6 is 0 Å². The Labute approximate surface area is 219 Å². The van der Waals surface area contributed by atoms with E-state index in [1.54, 1.807) is 33.8 Å². The predicted octanol–water partition coefficient (Wildman–Crippen LogP) is 4.20. The van der Waals surface area contributed by atoms with E-state index in [0.717, 1.165) is 16.8 Å². The maximum absolute atomic E-state index is 13.3. The molecule has 0 aliphatic carbocycles. The number of ether oxygens (including phenoxy) is 3. The van der Waals surface area contributed by atoms with E-state index in [0.29, 0.717) is 51.2 Å². The molecular weight excluding hydrogens is 486 g/mol. The quantitative estimate of drug-likeness (QED) is 0.344. The van der Waals surface area contributed by atoms with Gasteiger partial charge in [-0.3, -0.25) is 4.79 Å². The lowest BCUT2D eigenvalue weighted by atomic mass is 10.1. The molecule has 38 heavy (non-hydrogen) atoms. The highest BCUT2D eigenvalue weighted by atomic mass is 16.5. The zero-order valence-corrected chi connectivity index (χ0v) is 21.9. The number of anilines is 1. The van der Waals surface area contributed by atoms with Crippen molar-refractivity contribution in [3.05, 3.63) is 71.3 Å². The largest absolute Gasteiger partial charge is 0.493 e. The molecule has 5 aromatic rings. The molecule has 0 aliphatic heterocycles. The number of amides is 1. The Morgan fingerprint density at radius 3 is 2.34 bits per heavy atom. The van der Waals surface area contributed by atoms with Crippen molar-refractivity contribution in [3.8, 4) is 28.8 Å². The van der Waals surface area contributed by atoms with Gasteiger partial charge in [-0.25, -0.2) is 14.6 Å². The van der Waals surface area contributed by atoms with Gasteiger partial charge in [-0.15, -0.1) is 0 Å². The molecule has 0 unspecified atom stereocenters. The van der Waals surface area contributed by atoms with Crippen LogP contribution in [0.25, 0.3) is 22.5 Å². The molecule has 0 spiro atoms. The SMILES string of the molecule is COc1cc(C(=O)Nc2cc(C)nn2-c2ncnc3c2cnn3-c2cccc(C)c2C)cc(OC)c1OC. The van der Waals surface area contributed by atoms with Crippen molar-refractivity contribution in [2.24, 2.45) is 0 Å². The summed E-state index contributed by atoms with van der Waals surface area (Å²) >= 11 is 0. The van der Waals surface area contributed by atoms with Gasteiger partial charge in [0.25, 0.3) is 5.91 Å². The van der Waals surface area contributed by atoms with Crippen LogP contribution in [-0.2, 0) is 0 Å². The van der Waals surface area contributed by atoms with Gasteiger partial charge in [0.15, 0.2) is 23.0 Å². The minimum absolute atomic E-state index is 0.320. The fourth-order valence-electron chi connectivity index (χ4n) is 4.29. The lowest BCUT2D eigenvalue weighted by molar-refractivity contribution is 0.102. The van der Waals surface area contributed by atoms with Crippen LogP contribution in [0.3, 0.4) is 0 Å². The number of benzene rings is 2. The second-order valence-corrected chi connectivity index (χ2v) is 8.66. The van der Waals surface area contributed by atoms with Gasteiger partial charge in [-0.1, -0.05) is 12.1 Å². The van der Waals surface area contributed by atoms with Crippen molar-refractivity contribution in [1.82, 2.24) is 29.5 Å². The van der Waals surface area contributed by atoms with Crippen LogP contribution in [-0.4, -0.2) is 56.8 Å². The summed E-state index contributed by atoms with van der Waals surface area (Å²) < 4.78 is 19.5. The second-order valence-electron chi connectivity index (χ2n) is 8.66. The van der Waals surface area contributed by atoms with Crippen LogP contribution in [0, 0.1) is 20.8 Å². The van der Waals surface area contributed by atoms with Crippen LogP contribution in [0.2, 0.25) is 0 Å². The van der Waals surface area contributed by atoms with Gasteiger partial charge >= 0.3 is 0 Å². The average Bonchev–Trinajstić information content (AvgIpc) is 3.52. The monoisotopic (exact) mass is 513 g/mol. The normalized spacial score (nSPS) is 11.0. The fraction of sp³-hybridized carbons (Fsp3) is 0.222. The summed E-state index contributed by atoms with van der Waals surface area (Å²) in [4.78, 5) is 22.3. The number of fused-ring (bicyclic) bond motifs is 1. The zero-order chi connectivity index (χ0) is 27.0. The molecule has 0 fully saturated rings. The zero-order valence-electron chi connectivity index (χ0n) is 21.9. The van der Waals surface area contributed by atoms with Crippen LogP contribution < -0.4 is 19.5 Å². The summed E-state index contributed by atoms with van der Waals surface area (Å²) in [6, 6.07) is 11.0. The lowest BCUT2D eigenvalue weighted by Crippen LogP contribution is -2.16. The Bertz CT molecular complexity index is 1650.